The SMILES string of the molecule is CCC1(C)C=Cc2c(O)c3c(c(CC=C(C)C)c2O1)OC(c1ccc(O)cc1)C(O)C3=O. The molecule has 2 aromatic rings. The molecular weight excluding hydrogens is 408 g/mol. The van der Waals surface area contributed by atoms with E-state index in [0.717, 1.165) is 12.0 Å². The number of ether oxygens (including phenoxy) is 2. The number of benzene rings is 2. The van der Waals surface area contributed by atoms with Crippen molar-refractivity contribution in [2.24, 2.45) is 0 Å². The molecule has 0 saturated heterocycles. The molecule has 2 heterocycles. The lowest BCUT2D eigenvalue weighted by atomic mass is 9.86. The molecule has 2 aromatic carbocycles. The zero-order valence-corrected chi connectivity index (χ0v) is 18.7. The predicted molar refractivity (Wildman–Crippen MR) is 121 cm³/mol. The lowest BCUT2D eigenvalue weighted by Gasteiger charge is -2.36. The Hall–Kier alpha value is -3.25. The van der Waals surface area contributed by atoms with Crippen molar-refractivity contribution in [3.8, 4) is 23.0 Å². The van der Waals surface area contributed by atoms with Crippen LogP contribution in [0.4, 0.5) is 0 Å². The lowest BCUT2D eigenvalue weighted by Crippen LogP contribution is -2.37. The van der Waals surface area contributed by atoms with Gasteiger partial charge in [-0.1, -0.05) is 30.7 Å². The Balaban J connectivity index is 1.93. The minimum Gasteiger partial charge on any atom is -0.508 e. The number of carbonyl (C=O) groups excluding carboxylic acids is 1. The minimum absolute atomic E-state index is 0.0308. The second-order valence-corrected chi connectivity index (χ2v) is 8.80. The zero-order chi connectivity index (χ0) is 23.2. The zero-order valence-electron chi connectivity index (χ0n) is 18.7. The van der Waals surface area contributed by atoms with E-state index in [1.807, 2.05) is 39.8 Å². The molecule has 2 aliphatic heterocycles. The van der Waals surface area contributed by atoms with E-state index < -0.39 is 23.6 Å². The molecule has 0 fully saturated rings. The first-order chi connectivity index (χ1) is 15.1. The lowest BCUT2D eigenvalue weighted by molar-refractivity contribution is 0.0203. The third-order valence-corrected chi connectivity index (χ3v) is 6.13. The molecule has 0 spiro atoms. The number of rotatable bonds is 4. The van der Waals surface area contributed by atoms with Crippen LogP contribution in [0.15, 0.2) is 42.0 Å². The van der Waals surface area contributed by atoms with E-state index in [1.165, 1.54) is 12.1 Å². The molecule has 0 bridgehead atoms. The van der Waals surface area contributed by atoms with Crippen LogP contribution < -0.4 is 9.47 Å². The highest BCUT2D eigenvalue weighted by atomic mass is 16.5. The van der Waals surface area contributed by atoms with Crippen LogP contribution in [0, 0.1) is 0 Å². The number of hydrogen-bond acceptors (Lipinski definition) is 6. The second-order valence-electron chi connectivity index (χ2n) is 8.80. The first-order valence-electron chi connectivity index (χ1n) is 10.8. The fraction of sp³-hybridized carbons (Fsp3) is 0.346. The van der Waals surface area contributed by atoms with Gasteiger partial charge in [0.2, 0.25) is 5.78 Å². The highest BCUT2D eigenvalue weighted by Gasteiger charge is 2.43. The third-order valence-electron chi connectivity index (χ3n) is 6.13. The van der Waals surface area contributed by atoms with Gasteiger partial charge in [-0.25, -0.2) is 0 Å². The number of Topliss-reactive ketones (excluding diaryl/α,β-unsaturated/α-hetero) is 1. The Morgan fingerprint density at radius 3 is 2.47 bits per heavy atom. The highest BCUT2D eigenvalue weighted by Crippen LogP contribution is 2.51. The molecule has 168 valence electrons. The van der Waals surface area contributed by atoms with Gasteiger partial charge in [0, 0.05) is 5.56 Å². The van der Waals surface area contributed by atoms with Gasteiger partial charge in [0.15, 0.2) is 12.2 Å². The summed E-state index contributed by atoms with van der Waals surface area (Å²) in [6.45, 7) is 7.93. The fourth-order valence-corrected chi connectivity index (χ4v) is 4.00. The van der Waals surface area contributed by atoms with Gasteiger partial charge in [0.1, 0.15) is 34.2 Å². The number of hydrogen-bond donors (Lipinski definition) is 3. The number of phenols is 2. The van der Waals surface area contributed by atoms with Crippen molar-refractivity contribution in [2.45, 2.75) is 58.3 Å². The van der Waals surface area contributed by atoms with Crippen LogP contribution in [0.3, 0.4) is 0 Å². The van der Waals surface area contributed by atoms with Crippen molar-refractivity contribution in [1.29, 1.82) is 0 Å². The van der Waals surface area contributed by atoms with E-state index >= 15 is 0 Å². The average molecular weight is 437 g/mol. The van der Waals surface area contributed by atoms with E-state index in [-0.39, 0.29) is 22.8 Å². The molecular formula is C26H28O6. The number of aliphatic hydroxyl groups excluding tert-OH is 1. The van der Waals surface area contributed by atoms with E-state index in [2.05, 4.69) is 0 Å². The fourth-order valence-electron chi connectivity index (χ4n) is 4.00. The Labute approximate surface area is 187 Å². The monoisotopic (exact) mass is 436 g/mol. The van der Waals surface area contributed by atoms with Gasteiger partial charge < -0.3 is 24.8 Å². The summed E-state index contributed by atoms with van der Waals surface area (Å²) in [4.78, 5) is 13.2. The van der Waals surface area contributed by atoms with Crippen LogP contribution in [0.1, 0.15) is 67.3 Å². The van der Waals surface area contributed by atoms with Gasteiger partial charge in [-0.05, 0) is 63.5 Å². The van der Waals surface area contributed by atoms with Crippen LogP contribution >= 0.6 is 0 Å². The minimum atomic E-state index is -1.50. The van der Waals surface area contributed by atoms with Crippen molar-refractivity contribution in [3.63, 3.8) is 0 Å². The van der Waals surface area contributed by atoms with Gasteiger partial charge in [-0.2, -0.15) is 0 Å². The first-order valence-corrected chi connectivity index (χ1v) is 10.8. The smallest absolute Gasteiger partial charge is 0.202 e. The summed E-state index contributed by atoms with van der Waals surface area (Å²) in [7, 11) is 0. The quantitative estimate of drug-likeness (QED) is 0.593. The summed E-state index contributed by atoms with van der Waals surface area (Å²) in [5.41, 5.74) is 2.11. The Morgan fingerprint density at radius 2 is 1.84 bits per heavy atom. The number of ketones is 1. The van der Waals surface area contributed by atoms with Crippen molar-refractivity contribution in [1.82, 2.24) is 0 Å². The number of carbonyl (C=O) groups is 1. The Morgan fingerprint density at radius 1 is 1.16 bits per heavy atom. The largest absolute Gasteiger partial charge is 0.508 e. The predicted octanol–water partition coefficient (Wildman–Crippen LogP) is 4.86. The summed E-state index contributed by atoms with van der Waals surface area (Å²) in [5, 5.41) is 31.4. The number of aliphatic hydroxyl groups is 1. The van der Waals surface area contributed by atoms with Gasteiger partial charge in [0.05, 0.1) is 5.56 Å². The van der Waals surface area contributed by atoms with E-state index in [0.29, 0.717) is 28.9 Å². The molecule has 6 heteroatoms. The maximum atomic E-state index is 13.2. The molecule has 0 saturated carbocycles. The summed E-state index contributed by atoms with van der Waals surface area (Å²) >= 11 is 0. The average Bonchev–Trinajstić information content (AvgIpc) is 2.76. The van der Waals surface area contributed by atoms with E-state index in [9.17, 15) is 20.1 Å². The number of allylic oxidation sites excluding steroid dienone is 2. The number of phenolic OH excluding ortho intramolecular Hbond substituents is 2. The Kier molecular flexibility index (Phi) is 5.51. The van der Waals surface area contributed by atoms with Crippen LogP contribution in [0.25, 0.3) is 6.08 Å². The first kappa shape index (κ1) is 22.0. The molecule has 6 nitrogen and oxygen atoms in total. The number of aromatic hydroxyl groups is 2. The molecule has 0 aromatic heterocycles. The maximum Gasteiger partial charge on any atom is 0.202 e. The van der Waals surface area contributed by atoms with Crippen molar-refractivity contribution in [3.05, 3.63) is 64.2 Å². The van der Waals surface area contributed by atoms with Crippen LogP contribution in [-0.2, 0) is 6.42 Å². The van der Waals surface area contributed by atoms with Crippen molar-refractivity contribution < 1.29 is 29.6 Å². The summed E-state index contributed by atoms with van der Waals surface area (Å²) in [6.07, 6.45) is 4.33. The van der Waals surface area contributed by atoms with Gasteiger partial charge >= 0.3 is 0 Å². The highest BCUT2D eigenvalue weighted by molar-refractivity contribution is 6.07. The standard InChI is InChI=1S/C26H28O6/c1-5-26(4)13-12-17-20(28)19-21(29)22(30)23(15-7-9-16(27)10-8-15)31-25(19)18(24(17)32-26)11-6-14(2)3/h6-10,12-13,22-23,27-28,30H,5,11H2,1-4H3. The van der Waals surface area contributed by atoms with Gasteiger partial charge in [0.25, 0.3) is 0 Å². The van der Waals surface area contributed by atoms with Gasteiger partial charge in [-0.15, -0.1) is 0 Å². The molecule has 3 atom stereocenters. The molecule has 0 radical (unpaired) electrons. The molecule has 4 rings (SSSR count). The normalized spacial score (nSPS) is 23.6. The number of fused-ring (bicyclic) bond motifs is 2. The van der Waals surface area contributed by atoms with Crippen LogP contribution in [0.2, 0.25) is 0 Å². The molecule has 3 N–H and O–H groups in total. The summed E-state index contributed by atoms with van der Waals surface area (Å²) in [5.74, 6) is -0.0836. The molecule has 0 aliphatic carbocycles. The third kappa shape index (κ3) is 3.65. The van der Waals surface area contributed by atoms with Crippen LogP contribution in [0.5, 0.6) is 23.0 Å². The van der Waals surface area contributed by atoms with E-state index in [4.69, 9.17) is 9.47 Å². The van der Waals surface area contributed by atoms with Crippen molar-refractivity contribution in [2.75, 3.05) is 0 Å². The van der Waals surface area contributed by atoms with E-state index in [1.54, 1.807) is 18.2 Å². The van der Waals surface area contributed by atoms with Crippen molar-refractivity contribution >= 4 is 11.9 Å². The topological polar surface area (TPSA) is 96.2 Å². The molecule has 0 amide bonds. The second kappa shape index (κ2) is 8.02. The molecule has 3 unspecified atom stereocenters. The van der Waals surface area contributed by atoms with Gasteiger partial charge in [-0.3, -0.25) is 4.79 Å². The van der Waals surface area contributed by atoms with Crippen LogP contribution in [-0.4, -0.2) is 32.8 Å². The summed E-state index contributed by atoms with van der Waals surface area (Å²) in [6, 6.07) is 6.15. The molecule has 2 aliphatic rings. The maximum absolute atomic E-state index is 13.2. The Bertz CT molecular complexity index is 1120. The summed E-state index contributed by atoms with van der Waals surface area (Å²) < 4.78 is 12.5. The molecule has 32 heavy (non-hydrogen) atoms.